The zero-order valence-corrected chi connectivity index (χ0v) is 7.54. The summed E-state index contributed by atoms with van der Waals surface area (Å²) in [5.74, 6) is 0.242. The monoisotopic (exact) mass is 180 g/mol. The van der Waals surface area contributed by atoms with E-state index in [1.54, 1.807) is 6.92 Å². The Labute approximate surface area is 71.1 Å². The molecule has 1 fully saturated rings. The minimum Gasteiger partial charge on any atom is -0.171 e. The molecule has 0 aliphatic heterocycles. The molecule has 0 saturated heterocycles. The van der Waals surface area contributed by atoms with Crippen LogP contribution >= 0.6 is 0 Å². The van der Waals surface area contributed by atoms with E-state index in [1.165, 1.54) is 0 Å². The van der Waals surface area contributed by atoms with Crippen LogP contribution in [-0.2, 0) is 0 Å². The van der Waals surface area contributed by atoms with Gasteiger partial charge in [-0.15, -0.1) is 0 Å². The summed E-state index contributed by atoms with van der Waals surface area (Å²) in [7, 11) is 0. The fourth-order valence-corrected chi connectivity index (χ4v) is 2.17. The lowest BCUT2D eigenvalue weighted by Gasteiger charge is -2.30. The predicted molar refractivity (Wildman–Crippen MR) is 41.8 cm³/mol. The van der Waals surface area contributed by atoms with Crippen LogP contribution in [-0.4, -0.2) is 6.18 Å². The normalized spacial score (nSPS) is 37.2. The highest BCUT2D eigenvalue weighted by molar-refractivity contribution is 4.92. The number of alkyl halides is 3. The van der Waals surface area contributed by atoms with Crippen molar-refractivity contribution in [3.8, 4) is 0 Å². The second-order valence-corrected chi connectivity index (χ2v) is 3.98. The second-order valence-electron chi connectivity index (χ2n) is 3.98. The van der Waals surface area contributed by atoms with Crippen molar-refractivity contribution in [1.82, 2.24) is 0 Å². The van der Waals surface area contributed by atoms with Gasteiger partial charge in [-0.3, -0.25) is 0 Å². The summed E-state index contributed by atoms with van der Waals surface area (Å²) in [6.07, 6.45) is -2.37. The molecule has 0 aromatic rings. The topological polar surface area (TPSA) is 0 Å². The molecule has 1 rings (SSSR count). The third kappa shape index (κ3) is 1.46. The van der Waals surface area contributed by atoms with Crippen LogP contribution in [0.4, 0.5) is 13.2 Å². The van der Waals surface area contributed by atoms with Gasteiger partial charge in [-0.25, -0.2) is 0 Å². The van der Waals surface area contributed by atoms with E-state index in [1.807, 2.05) is 6.92 Å². The molecule has 1 aliphatic rings. The van der Waals surface area contributed by atoms with Gasteiger partial charge in [0, 0.05) is 0 Å². The molecule has 2 unspecified atom stereocenters. The Kier molecular flexibility index (Phi) is 2.41. The van der Waals surface area contributed by atoms with Gasteiger partial charge in [-0.1, -0.05) is 13.8 Å². The van der Waals surface area contributed by atoms with Gasteiger partial charge >= 0.3 is 6.18 Å². The molecule has 0 N–H and O–H groups in total. The summed E-state index contributed by atoms with van der Waals surface area (Å²) < 4.78 is 37.8. The van der Waals surface area contributed by atoms with Crippen LogP contribution in [0.5, 0.6) is 0 Å². The first kappa shape index (κ1) is 9.87. The largest absolute Gasteiger partial charge is 0.394 e. The summed E-state index contributed by atoms with van der Waals surface area (Å²) in [6.45, 7) is 3.55. The first-order chi connectivity index (χ1) is 5.41. The maximum absolute atomic E-state index is 12.6. The zero-order chi connectivity index (χ0) is 9.41. The molecule has 12 heavy (non-hydrogen) atoms. The standard InChI is InChI=1S/C9H15F3/c1-3-8(9(10,11)12)5-4-7(2)6-8/h7H,3-6H2,1-2H3. The molecule has 1 saturated carbocycles. The summed E-state index contributed by atoms with van der Waals surface area (Å²) in [6, 6.07) is 0. The highest BCUT2D eigenvalue weighted by Crippen LogP contribution is 2.54. The first-order valence-corrected chi connectivity index (χ1v) is 4.48. The third-order valence-electron chi connectivity index (χ3n) is 3.13. The van der Waals surface area contributed by atoms with Gasteiger partial charge in [-0.2, -0.15) is 13.2 Å². The van der Waals surface area contributed by atoms with Crippen molar-refractivity contribution in [2.45, 2.75) is 45.7 Å². The Morgan fingerprint density at radius 2 is 2.00 bits per heavy atom. The molecule has 72 valence electrons. The van der Waals surface area contributed by atoms with Gasteiger partial charge in [0.05, 0.1) is 5.41 Å². The van der Waals surface area contributed by atoms with Crippen molar-refractivity contribution in [3.63, 3.8) is 0 Å². The van der Waals surface area contributed by atoms with Crippen molar-refractivity contribution in [2.24, 2.45) is 11.3 Å². The molecule has 0 bridgehead atoms. The van der Waals surface area contributed by atoms with Crippen LogP contribution in [0.25, 0.3) is 0 Å². The Morgan fingerprint density at radius 1 is 1.42 bits per heavy atom. The minimum atomic E-state index is -3.99. The van der Waals surface area contributed by atoms with E-state index in [2.05, 4.69) is 0 Å². The van der Waals surface area contributed by atoms with Gasteiger partial charge < -0.3 is 0 Å². The first-order valence-electron chi connectivity index (χ1n) is 4.48. The second kappa shape index (κ2) is 2.93. The van der Waals surface area contributed by atoms with Crippen LogP contribution in [0.3, 0.4) is 0 Å². The van der Waals surface area contributed by atoms with Crippen molar-refractivity contribution in [2.75, 3.05) is 0 Å². The number of hydrogen-bond acceptors (Lipinski definition) is 0. The molecule has 0 aromatic carbocycles. The van der Waals surface area contributed by atoms with Crippen molar-refractivity contribution >= 4 is 0 Å². The minimum absolute atomic E-state index is 0.237. The summed E-state index contributed by atoms with van der Waals surface area (Å²) in [5, 5.41) is 0. The molecular weight excluding hydrogens is 165 g/mol. The summed E-state index contributed by atoms with van der Waals surface area (Å²) in [5.41, 5.74) is -1.35. The molecule has 0 spiro atoms. The molecular formula is C9H15F3. The van der Waals surface area contributed by atoms with E-state index in [0.717, 1.165) is 6.42 Å². The molecule has 0 nitrogen and oxygen atoms in total. The summed E-state index contributed by atoms with van der Waals surface area (Å²) >= 11 is 0. The average molecular weight is 180 g/mol. The summed E-state index contributed by atoms with van der Waals surface area (Å²) in [4.78, 5) is 0. The van der Waals surface area contributed by atoms with Gasteiger partial charge in [0.2, 0.25) is 0 Å². The SMILES string of the molecule is CCC1(C(F)(F)F)CCC(C)C1. The van der Waals surface area contributed by atoms with Crippen LogP contribution in [0, 0.1) is 11.3 Å². The van der Waals surface area contributed by atoms with Crippen molar-refractivity contribution < 1.29 is 13.2 Å². The number of hydrogen-bond donors (Lipinski definition) is 0. The molecule has 0 heterocycles. The quantitative estimate of drug-likeness (QED) is 0.576. The van der Waals surface area contributed by atoms with Crippen LogP contribution in [0.1, 0.15) is 39.5 Å². The van der Waals surface area contributed by atoms with Gasteiger partial charge in [0.15, 0.2) is 0 Å². The van der Waals surface area contributed by atoms with E-state index in [-0.39, 0.29) is 12.3 Å². The van der Waals surface area contributed by atoms with E-state index in [9.17, 15) is 13.2 Å². The maximum atomic E-state index is 12.6. The maximum Gasteiger partial charge on any atom is 0.394 e. The Bertz CT molecular complexity index is 162. The predicted octanol–water partition coefficient (Wildman–Crippen LogP) is 3.77. The van der Waals surface area contributed by atoms with E-state index in [4.69, 9.17) is 0 Å². The van der Waals surface area contributed by atoms with Crippen molar-refractivity contribution in [1.29, 1.82) is 0 Å². The Hall–Kier alpha value is -0.210. The van der Waals surface area contributed by atoms with Crippen LogP contribution in [0.15, 0.2) is 0 Å². The third-order valence-corrected chi connectivity index (χ3v) is 3.13. The van der Waals surface area contributed by atoms with E-state index < -0.39 is 11.6 Å². The molecule has 0 aromatic heterocycles. The molecule has 0 radical (unpaired) electrons. The van der Waals surface area contributed by atoms with E-state index >= 15 is 0 Å². The van der Waals surface area contributed by atoms with Gasteiger partial charge in [0.25, 0.3) is 0 Å². The lowest BCUT2D eigenvalue weighted by molar-refractivity contribution is -0.224. The van der Waals surface area contributed by atoms with Crippen LogP contribution in [0.2, 0.25) is 0 Å². The lowest BCUT2D eigenvalue weighted by Crippen LogP contribution is -2.34. The average Bonchev–Trinajstić information content (AvgIpc) is 2.31. The lowest BCUT2D eigenvalue weighted by atomic mass is 9.82. The number of halogens is 3. The Morgan fingerprint density at radius 3 is 2.17 bits per heavy atom. The van der Waals surface area contributed by atoms with Crippen molar-refractivity contribution in [3.05, 3.63) is 0 Å². The molecule has 3 heteroatoms. The van der Waals surface area contributed by atoms with Gasteiger partial charge in [-0.05, 0) is 31.6 Å². The molecule has 0 amide bonds. The zero-order valence-electron chi connectivity index (χ0n) is 7.54. The fourth-order valence-electron chi connectivity index (χ4n) is 2.17. The Balaban J connectivity index is 2.78. The molecule has 1 aliphatic carbocycles. The van der Waals surface area contributed by atoms with Gasteiger partial charge in [0.1, 0.15) is 0 Å². The molecule has 2 atom stereocenters. The highest BCUT2D eigenvalue weighted by atomic mass is 19.4. The van der Waals surface area contributed by atoms with Crippen LogP contribution < -0.4 is 0 Å². The smallest absolute Gasteiger partial charge is 0.171 e. The van der Waals surface area contributed by atoms with E-state index in [0.29, 0.717) is 12.8 Å². The fraction of sp³-hybridized carbons (Fsp3) is 1.00. The number of rotatable bonds is 1. The highest BCUT2D eigenvalue weighted by Gasteiger charge is 2.55.